The SMILES string of the molecule is CCOC(=O)c1cc([N+](=O)[O-])ccc1C(C(=O)O)C1CCN(C)C1. The van der Waals surface area contributed by atoms with Crippen LogP contribution >= 0.6 is 0 Å². The molecular formula is C16H20N2O6. The predicted octanol–water partition coefficient (Wildman–Crippen LogP) is 1.89. The van der Waals surface area contributed by atoms with E-state index in [2.05, 4.69) is 0 Å². The van der Waals surface area contributed by atoms with E-state index in [-0.39, 0.29) is 29.3 Å². The molecule has 2 unspecified atom stereocenters. The van der Waals surface area contributed by atoms with Crippen molar-refractivity contribution in [2.24, 2.45) is 5.92 Å². The highest BCUT2D eigenvalue weighted by Crippen LogP contribution is 2.35. The van der Waals surface area contributed by atoms with E-state index in [1.54, 1.807) is 6.92 Å². The summed E-state index contributed by atoms with van der Waals surface area (Å²) in [6.07, 6.45) is 0.687. The Kier molecular flexibility index (Phi) is 5.50. The predicted molar refractivity (Wildman–Crippen MR) is 85.0 cm³/mol. The molecule has 0 radical (unpaired) electrons. The van der Waals surface area contributed by atoms with Crippen LogP contribution in [0.15, 0.2) is 18.2 Å². The van der Waals surface area contributed by atoms with Crippen molar-refractivity contribution in [1.29, 1.82) is 0 Å². The molecule has 1 aromatic rings. The number of non-ortho nitro benzene ring substituents is 1. The quantitative estimate of drug-likeness (QED) is 0.480. The Morgan fingerprint density at radius 1 is 1.50 bits per heavy atom. The maximum absolute atomic E-state index is 12.2. The number of carbonyl (C=O) groups is 2. The van der Waals surface area contributed by atoms with Crippen molar-refractivity contribution in [3.8, 4) is 0 Å². The van der Waals surface area contributed by atoms with Crippen LogP contribution in [0.2, 0.25) is 0 Å². The molecule has 8 nitrogen and oxygen atoms in total. The summed E-state index contributed by atoms with van der Waals surface area (Å²) in [5.41, 5.74) is -0.0469. The standard InChI is InChI=1S/C16H20N2O6/c1-3-24-16(21)13-8-11(18(22)23)4-5-12(13)14(15(19)20)10-6-7-17(2)9-10/h4-5,8,10,14H,3,6-7,9H2,1-2H3,(H,19,20). The summed E-state index contributed by atoms with van der Waals surface area (Å²) in [5, 5.41) is 20.7. The van der Waals surface area contributed by atoms with Crippen molar-refractivity contribution >= 4 is 17.6 Å². The van der Waals surface area contributed by atoms with Gasteiger partial charge in [-0.2, -0.15) is 0 Å². The van der Waals surface area contributed by atoms with Gasteiger partial charge in [-0.3, -0.25) is 14.9 Å². The number of hydrogen-bond acceptors (Lipinski definition) is 6. The molecule has 2 rings (SSSR count). The minimum atomic E-state index is -1.05. The minimum absolute atomic E-state index is 0.0481. The number of ether oxygens (including phenoxy) is 1. The van der Waals surface area contributed by atoms with Gasteiger partial charge >= 0.3 is 11.9 Å². The molecule has 0 aliphatic carbocycles. The molecular weight excluding hydrogens is 316 g/mol. The minimum Gasteiger partial charge on any atom is -0.481 e. The van der Waals surface area contributed by atoms with Gasteiger partial charge in [-0.25, -0.2) is 4.79 Å². The Bertz CT molecular complexity index is 660. The number of likely N-dealkylation sites (tertiary alicyclic amines) is 1. The number of benzene rings is 1. The van der Waals surface area contributed by atoms with Crippen LogP contribution in [0.5, 0.6) is 0 Å². The van der Waals surface area contributed by atoms with Crippen LogP contribution in [-0.4, -0.2) is 53.6 Å². The van der Waals surface area contributed by atoms with Crippen molar-refractivity contribution in [1.82, 2.24) is 4.90 Å². The lowest BCUT2D eigenvalue weighted by atomic mass is 9.83. The van der Waals surface area contributed by atoms with Crippen LogP contribution in [0.4, 0.5) is 5.69 Å². The van der Waals surface area contributed by atoms with E-state index < -0.39 is 22.8 Å². The van der Waals surface area contributed by atoms with Gasteiger partial charge in [-0.15, -0.1) is 0 Å². The number of rotatable bonds is 6. The van der Waals surface area contributed by atoms with E-state index in [0.717, 1.165) is 12.6 Å². The largest absolute Gasteiger partial charge is 0.481 e. The van der Waals surface area contributed by atoms with Gasteiger partial charge in [0.1, 0.15) is 0 Å². The van der Waals surface area contributed by atoms with Gasteiger partial charge in [0.15, 0.2) is 0 Å². The first-order valence-corrected chi connectivity index (χ1v) is 7.72. The molecule has 1 heterocycles. The number of nitro groups is 1. The second-order valence-electron chi connectivity index (χ2n) is 5.88. The number of nitrogens with zero attached hydrogens (tertiary/aromatic N) is 2. The molecule has 0 saturated carbocycles. The fourth-order valence-electron chi connectivity index (χ4n) is 3.14. The molecule has 0 bridgehead atoms. The van der Waals surface area contributed by atoms with Crippen molar-refractivity contribution in [3.05, 3.63) is 39.4 Å². The van der Waals surface area contributed by atoms with Gasteiger partial charge in [0.25, 0.3) is 5.69 Å². The molecule has 1 aliphatic rings. The maximum atomic E-state index is 12.2. The monoisotopic (exact) mass is 336 g/mol. The molecule has 130 valence electrons. The molecule has 0 amide bonds. The summed E-state index contributed by atoms with van der Waals surface area (Å²) in [6, 6.07) is 3.69. The third kappa shape index (κ3) is 3.70. The summed E-state index contributed by atoms with van der Waals surface area (Å²) in [7, 11) is 1.90. The van der Waals surface area contributed by atoms with E-state index >= 15 is 0 Å². The van der Waals surface area contributed by atoms with Crippen LogP contribution in [0.25, 0.3) is 0 Å². The normalized spacial score (nSPS) is 19.0. The van der Waals surface area contributed by atoms with E-state index in [1.165, 1.54) is 12.1 Å². The first-order chi connectivity index (χ1) is 11.3. The number of hydrogen-bond donors (Lipinski definition) is 1. The van der Waals surface area contributed by atoms with Crippen LogP contribution in [0.3, 0.4) is 0 Å². The highest BCUT2D eigenvalue weighted by molar-refractivity contribution is 5.94. The Balaban J connectivity index is 2.50. The van der Waals surface area contributed by atoms with E-state index in [0.29, 0.717) is 13.0 Å². The second kappa shape index (κ2) is 7.39. The number of carboxylic acid groups (broad SMARTS) is 1. The van der Waals surface area contributed by atoms with Crippen molar-refractivity contribution in [2.45, 2.75) is 19.3 Å². The zero-order valence-electron chi connectivity index (χ0n) is 13.6. The summed E-state index contributed by atoms with van der Waals surface area (Å²) >= 11 is 0. The Labute approximate surface area is 139 Å². The first-order valence-electron chi connectivity index (χ1n) is 7.72. The fourth-order valence-corrected chi connectivity index (χ4v) is 3.14. The number of carboxylic acids is 1. The van der Waals surface area contributed by atoms with Gasteiger partial charge in [-0.1, -0.05) is 6.07 Å². The van der Waals surface area contributed by atoms with Crippen LogP contribution in [-0.2, 0) is 9.53 Å². The number of aliphatic carboxylic acids is 1. The third-order valence-corrected chi connectivity index (χ3v) is 4.24. The molecule has 1 fully saturated rings. The summed E-state index contributed by atoms with van der Waals surface area (Å²) < 4.78 is 4.95. The van der Waals surface area contributed by atoms with Crippen LogP contribution < -0.4 is 0 Å². The number of nitro benzene ring substituents is 1. The summed E-state index contributed by atoms with van der Waals surface area (Å²) in [4.78, 5) is 36.4. The number of esters is 1. The Hall–Kier alpha value is -2.48. The smallest absolute Gasteiger partial charge is 0.338 e. The zero-order valence-corrected chi connectivity index (χ0v) is 13.6. The molecule has 2 atom stereocenters. The molecule has 1 aliphatic heterocycles. The maximum Gasteiger partial charge on any atom is 0.338 e. The van der Waals surface area contributed by atoms with E-state index in [1.807, 2.05) is 11.9 Å². The molecule has 1 saturated heterocycles. The van der Waals surface area contributed by atoms with Gasteiger partial charge < -0.3 is 14.7 Å². The lowest BCUT2D eigenvalue weighted by Gasteiger charge is -2.22. The molecule has 8 heteroatoms. The average molecular weight is 336 g/mol. The molecule has 0 spiro atoms. The lowest BCUT2D eigenvalue weighted by Crippen LogP contribution is -2.26. The van der Waals surface area contributed by atoms with Gasteiger partial charge in [0, 0.05) is 18.7 Å². The first kappa shape index (κ1) is 17.9. The van der Waals surface area contributed by atoms with Gasteiger partial charge in [-0.05, 0) is 38.4 Å². The van der Waals surface area contributed by atoms with E-state index in [9.17, 15) is 24.8 Å². The van der Waals surface area contributed by atoms with Crippen molar-refractivity contribution < 1.29 is 24.4 Å². The number of carbonyl (C=O) groups excluding carboxylic acids is 1. The topological polar surface area (TPSA) is 110 Å². The highest BCUT2D eigenvalue weighted by atomic mass is 16.6. The summed E-state index contributed by atoms with van der Waals surface area (Å²) in [5.74, 6) is -2.86. The highest BCUT2D eigenvalue weighted by Gasteiger charge is 2.37. The molecule has 1 aromatic carbocycles. The Morgan fingerprint density at radius 3 is 2.71 bits per heavy atom. The van der Waals surface area contributed by atoms with Crippen molar-refractivity contribution in [3.63, 3.8) is 0 Å². The molecule has 24 heavy (non-hydrogen) atoms. The second-order valence-corrected chi connectivity index (χ2v) is 5.88. The van der Waals surface area contributed by atoms with Crippen LogP contribution in [0.1, 0.15) is 35.2 Å². The van der Waals surface area contributed by atoms with Gasteiger partial charge in [0.2, 0.25) is 0 Å². The molecule has 0 aromatic heterocycles. The lowest BCUT2D eigenvalue weighted by molar-refractivity contribution is -0.384. The van der Waals surface area contributed by atoms with Crippen molar-refractivity contribution in [2.75, 3.05) is 26.7 Å². The average Bonchev–Trinajstić information content (AvgIpc) is 2.93. The molecule has 1 N–H and O–H groups in total. The Morgan fingerprint density at radius 2 is 2.21 bits per heavy atom. The zero-order chi connectivity index (χ0) is 17.9. The summed E-state index contributed by atoms with van der Waals surface area (Å²) in [6.45, 7) is 3.09. The van der Waals surface area contributed by atoms with E-state index in [4.69, 9.17) is 4.74 Å². The van der Waals surface area contributed by atoms with Gasteiger partial charge in [0.05, 0.1) is 23.0 Å². The van der Waals surface area contributed by atoms with Crippen LogP contribution in [0, 0.1) is 16.0 Å². The fraction of sp³-hybridized carbons (Fsp3) is 0.500. The third-order valence-electron chi connectivity index (χ3n) is 4.24.